The third kappa shape index (κ3) is 5.28. The Morgan fingerprint density at radius 1 is 0.923 bits per heavy atom. The van der Waals surface area contributed by atoms with Gasteiger partial charge in [-0.1, -0.05) is 45.0 Å². The third-order valence-electron chi connectivity index (χ3n) is 3.98. The van der Waals surface area contributed by atoms with E-state index in [9.17, 15) is 14.4 Å². The van der Waals surface area contributed by atoms with E-state index in [1.807, 2.05) is 12.1 Å². The van der Waals surface area contributed by atoms with E-state index in [1.54, 1.807) is 36.4 Å². The van der Waals surface area contributed by atoms with Gasteiger partial charge in [0.2, 0.25) is 5.91 Å². The van der Waals surface area contributed by atoms with Crippen LogP contribution in [0.1, 0.15) is 54.0 Å². The SMILES string of the molecule is CC(=O)c1cccc(NC(=O)CNC(=O)c2ccc(C(C)(C)C)cc2)c1. The summed E-state index contributed by atoms with van der Waals surface area (Å²) in [5.74, 6) is -0.739. The summed E-state index contributed by atoms with van der Waals surface area (Å²) in [6.45, 7) is 7.63. The van der Waals surface area contributed by atoms with Crippen LogP contribution in [0.4, 0.5) is 5.69 Å². The lowest BCUT2D eigenvalue weighted by molar-refractivity contribution is -0.115. The van der Waals surface area contributed by atoms with Crippen LogP contribution in [0.3, 0.4) is 0 Å². The highest BCUT2D eigenvalue weighted by Gasteiger charge is 2.14. The molecule has 0 aliphatic rings. The molecule has 5 heteroatoms. The number of carbonyl (C=O) groups is 3. The molecule has 0 fully saturated rings. The second-order valence-corrected chi connectivity index (χ2v) is 7.20. The maximum absolute atomic E-state index is 12.2. The molecule has 2 N–H and O–H groups in total. The highest BCUT2D eigenvalue weighted by Crippen LogP contribution is 2.22. The molecule has 0 heterocycles. The number of benzene rings is 2. The number of carbonyl (C=O) groups excluding carboxylic acids is 3. The van der Waals surface area contributed by atoms with Crippen LogP contribution in [-0.4, -0.2) is 24.1 Å². The van der Waals surface area contributed by atoms with Gasteiger partial charge in [0.05, 0.1) is 6.54 Å². The van der Waals surface area contributed by atoms with Crippen LogP contribution in [0.25, 0.3) is 0 Å². The number of Topliss-reactive ketones (excluding diaryl/α,β-unsaturated/α-hetero) is 1. The van der Waals surface area contributed by atoms with Gasteiger partial charge in [0.1, 0.15) is 0 Å². The van der Waals surface area contributed by atoms with Gasteiger partial charge in [-0.05, 0) is 42.2 Å². The molecule has 0 saturated heterocycles. The minimum atomic E-state index is -0.356. The van der Waals surface area contributed by atoms with Crippen molar-refractivity contribution in [3.05, 3.63) is 65.2 Å². The standard InChI is InChI=1S/C21H24N2O3/c1-14(24)16-6-5-7-18(12-16)23-19(25)13-22-20(26)15-8-10-17(11-9-15)21(2,3)4/h5-12H,13H2,1-4H3,(H,22,26)(H,23,25). The first-order chi connectivity index (χ1) is 12.2. The third-order valence-corrected chi connectivity index (χ3v) is 3.98. The molecule has 2 aromatic rings. The molecule has 0 radical (unpaired) electrons. The molecule has 0 aromatic heterocycles. The predicted molar refractivity (Wildman–Crippen MR) is 103 cm³/mol. The van der Waals surface area contributed by atoms with Gasteiger partial charge in [-0.3, -0.25) is 14.4 Å². The van der Waals surface area contributed by atoms with Gasteiger partial charge >= 0.3 is 0 Å². The van der Waals surface area contributed by atoms with Crippen molar-refractivity contribution in [3.63, 3.8) is 0 Å². The monoisotopic (exact) mass is 352 g/mol. The number of amides is 2. The highest BCUT2D eigenvalue weighted by molar-refractivity contribution is 6.00. The van der Waals surface area contributed by atoms with Gasteiger partial charge in [0.25, 0.3) is 5.91 Å². The first kappa shape index (κ1) is 19.4. The molecule has 0 bridgehead atoms. The Bertz CT molecular complexity index is 818. The van der Waals surface area contributed by atoms with Crippen LogP contribution in [0.15, 0.2) is 48.5 Å². The van der Waals surface area contributed by atoms with E-state index in [2.05, 4.69) is 31.4 Å². The minimum Gasteiger partial charge on any atom is -0.343 e. The van der Waals surface area contributed by atoms with Crippen LogP contribution in [0.2, 0.25) is 0 Å². The number of nitrogens with one attached hydrogen (secondary N) is 2. The predicted octanol–water partition coefficient (Wildman–Crippen LogP) is 3.56. The average Bonchev–Trinajstić information content (AvgIpc) is 2.59. The second-order valence-electron chi connectivity index (χ2n) is 7.20. The van der Waals surface area contributed by atoms with E-state index in [0.717, 1.165) is 5.56 Å². The van der Waals surface area contributed by atoms with Gasteiger partial charge in [0.15, 0.2) is 5.78 Å². The summed E-state index contributed by atoms with van der Waals surface area (Å²) in [5.41, 5.74) is 2.70. The fraction of sp³-hybridized carbons (Fsp3) is 0.286. The van der Waals surface area contributed by atoms with Crippen LogP contribution < -0.4 is 10.6 Å². The topological polar surface area (TPSA) is 75.3 Å². The van der Waals surface area contributed by atoms with Gasteiger partial charge in [-0.15, -0.1) is 0 Å². The molecule has 2 rings (SSSR count). The molecule has 0 aliphatic carbocycles. The van der Waals surface area contributed by atoms with E-state index >= 15 is 0 Å². The first-order valence-electron chi connectivity index (χ1n) is 8.46. The summed E-state index contributed by atoms with van der Waals surface area (Å²) < 4.78 is 0. The van der Waals surface area contributed by atoms with Crippen LogP contribution in [0.5, 0.6) is 0 Å². The van der Waals surface area contributed by atoms with E-state index in [4.69, 9.17) is 0 Å². The van der Waals surface area contributed by atoms with E-state index in [1.165, 1.54) is 6.92 Å². The Labute approximate surface area is 153 Å². The summed E-state index contributed by atoms with van der Waals surface area (Å²) >= 11 is 0. The molecule has 0 atom stereocenters. The normalized spacial score (nSPS) is 10.9. The Kier molecular flexibility index (Phi) is 5.93. The summed E-state index contributed by atoms with van der Waals surface area (Å²) in [5, 5.41) is 5.26. The lowest BCUT2D eigenvalue weighted by Gasteiger charge is -2.19. The van der Waals surface area contributed by atoms with E-state index < -0.39 is 0 Å². The highest BCUT2D eigenvalue weighted by atomic mass is 16.2. The molecule has 26 heavy (non-hydrogen) atoms. The Balaban J connectivity index is 1.91. The molecule has 0 unspecified atom stereocenters. The van der Waals surface area contributed by atoms with Crippen molar-refractivity contribution in [1.29, 1.82) is 0 Å². The zero-order valence-electron chi connectivity index (χ0n) is 15.6. The average molecular weight is 352 g/mol. The second kappa shape index (κ2) is 7.95. The molecule has 5 nitrogen and oxygen atoms in total. The molecule has 0 aliphatic heterocycles. The summed E-state index contributed by atoms with van der Waals surface area (Å²) in [7, 11) is 0. The van der Waals surface area contributed by atoms with Crippen molar-refractivity contribution in [2.75, 3.05) is 11.9 Å². The Morgan fingerprint density at radius 3 is 2.15 bits per heavy atom. The minimum absolute atomic E-state index is 0.0172. The largest absolute Gasteiger partial charge is 0.343 e. The molecule has 136 valence electrons. The Morgan fingerprint density at radius 2 is 1.58 bits per heavy atom. The van der Waals surface area contributed by atoms with Gasteiger partial charge in [-0.2, -0.15) is 0 Å². The lowest BCUT2D eigenvalue weighted by atomic mass is 9.87. The summed E-state index contributed by atoms with van der Waals surface area (Å²) in [6.07, 6.45) is 0. The zero-order valence-corrected chi connectivity index (χ0v) is 15.6. The lowest BCUT2D eigenvalue weighted by Crippen LogP contribution is -2.32. The maximum Gasteiger partial charge on any atom is 0.251 e. The van der Waals surface area contributed by atoms with Crippen molar-refractivity contribution in [2.45, 2.75) is 33.1 Å². The van der Waals surface area contributed by atoms with E-state index in [-0.39, 0.29) is 29.6 Å². The van der Waals surface area contributed by atoms with Crippen molar-refractivity contribution < 1.29 is 14.4 Å². The van der Waals surface area contributed by atoms with Crippen molar-refractivity contribution in [3.8, 4) is 0 Å². The first-order valence-corrected chi connectivity index (χ1v) is 8.46. The van der Waals surface area contributed by atoms with Crippen LogP contribution in [-0.2, 0) is 10.2 Å². The van der Waals surface area contributed by atoms with Gasteiger partial charge in [0, 0.05) is 16.8 Å². The molecule has 2 aromatic carbocycles. The van der Waals surface area contributed by atoms with Gasteiger partial charge in [-0.25, -0.2) is 0 Å². The fourth-order valence-corrected chi connectivity index (χ4v) is 2.41. The number of anilines is 1. The van der Waals surface area contributed by atoms with Gasteiger partial charge < -0.3 is 10.6 Å². The zero-order chi connectivity index (χ0) is 19.3. The molecular weight excluding hydrogens is 328 g/mol. The quantitative estimate of drug-likeness (QED) is 0.808. The number of hydrogen-bond acceptors (Lipinski definition) is 3. The van der Waals surface area contributed by atoms with Crippen molar-refractivity contribution in [1.82, 2.24) is 5.32 Å². The summed E-state index contributed by atoms with van der Waals surface area (Å²) in [4.78, 5) is 35.5. The number of hydrogen-bond donors (Lipinski definition) is 2. The smallest absolute Gasteiger partial charge is 0.251 e. The van der Waals surface area contributed by atoms with Crippen molar-refractivity contribution >= 4 is 23.3 Å². The van der Waals surface area contributed by atoms with Crippen LogP contribution >= 0.6 is 0 Å². The van der Waals surface area contributed by atoms with Crippen LogP contribution in [0, 0.1) is 0 Å². The molecular formula is C21H24N2O3. The van der Waals surface area contributed by atoms with Crippen molar-refractivity contribution in [2.24, 2.45) is 0 Å². The molecule has 0 saturated carbocycles. The van der Waals surface area contributed by atoms with E-state index in [0.29, 0.717) is 16.8 Å². The number of ketones is 1. The fourth-order valence-electron chi connectivity index (χ4n) is 2.41. The molecule has 0 spiro atoms. The Hall–Kier alpha value is -2.95. The number of rotatable bonds is 5. The molecule has 2 amide bonds. The maximum atomic E-state index is 12.2. The summed E-state index contributed by atoms with van der Waals surface area (Å²) in [6, 6.07) is 14.0.